The number of carboxylic acid groups (broad SMARTS) is 1. The minimum atomic E-state index is -0.658. The van der Waals surface area contributed by atoms with Crippen LogP contribution < -0.4 is 0 Å². The lowest BCUT2D eigenvalue weighted by Gasteiger charge is -2.40. The van der Waals surface area contributed by atoms with Crippen molar-refractivity contribution in [3.63, 3.8) is 0 Å². The van der Waals surface area contributed by atoms with Gasteiger partial charge in [-0.15, -0.1) is 0 Å². The number of carbonyl (C=O) groups is 1. The predicted octanol–water partition coefficient (Wildman–Crippen LogP) is 6.67. The zero-order valence-electron chi connectivity index (χ0n) is 15.2. The molecule has 0 aliphatic rings. The van der Waals surface area contributed by atoms with E-state index < -0.39 is 5.97 Å². The molecule has 0 radical (unpaired) electrons. The van der Waals surface area contributed by atoms with E-state index in [1.165, 1.54) is 44.9 Å². The fourth-order valence-electron chi connectivity index (χ4n) is 3.33. The first-order chi connectivity index (χ1) is 10.4. The van der Waals surface area contributed by atoms with E-state index in [1.54, 1.807) is 0 Å². The molecule has 0 aromatic carbocycles. The summed E-state index contributed by atoms with van der Waals surface area (Å²) in [4.78, 5) is 10.8. The summed E-state index contributed by atoms with van der Waals surface area (Å²) in [5.41, 5.74) is 0.308. The van der Waals surface area contributed by atoms with Gasteiger partial charge in [0.05, 0.1) is 0 Å². The van der Waals surface area contributed by atoms with E-state index in [1.807, 2.05) is 0 Å². The maximum absolute atomic E-state index is 10.8. The van der Waals surface area contributed by atoms with Gasteiger partial charge in [0.25, 0.3) is 0 Å². The monoisotopic (exact) mass is 376 g/mol. The Morgan fingerprint density at radius 1 is 1.05 bits per heavy atom. The average molecular weight is 377 g/mol. The van der Waals surface area contributed by atoms with E-state index >= 15 is 0 Å². The standard InChI is InChI=1S/C19H37BrO2/c1-5-6-11-16(2)19(3,4)17(12-8-7-9-15-20)13-10-14-18(21)22/h16-17H,5-15H2,1-4H3,(H,21,22). The van der Waals surface area contributed by atoms with Crippen molar-refractivity contribution in [3.8, 4) is 0 Å². The van der Waals surface area contributed by atoms with Gasteiger partial charge < -0.3 is 5.11 Å². The average Bonchev–Trinajstić information content (AvgIpc) is 2.46. The second-order valence-corrected chi connectivity index (χ2v) is 8.18. The highest BCUT2D eigenvalue weighted by Crippen LogP contribution is 2.43. The second-order valence-electron chi connectivity index (χ2n) is 7.39. The summed E-state index contributed by atoms with van der Waals surface area (Å²) in [5.74, 6) is 0.697. The van der Waals surface area contributed by atoms with Crippen molar-refractivity contribution in [2.24, 2.45) is 17.3 Å². The summed E-state index contributed by atoms with van der Waals surface area (Å²) < 4.78 is 0. The first-order valence-electron chi connectivity index (χ1n) is 9.14. The molecule has 0 amide bonds. The Bertz CT molecular complexity index is 289. The summed E-state index contributed by atoms with van der Waals surface area (Å²) in [6.45, 7) is 9.45. The van der Waals surface area contributed by atoms with E-state index in [0.29, 0.717) is 23.7 Å². The van der Waals surface area contributed by atoms with Crippen LogP contribution in [0.2, 0.25) is 0 Å². The molecule has 1 N–H and O–H groups in total. The molecule has 0 aliphatic carbocycles. The summed E-state index contributed by atoms with van der Waals surface area (Å²) in [5, 5.41) is 9.99. The molecule has 2 unspecified atom stereocenters. The molecule has 2 nitrogen and oxygen atoms in total. The number of aliphatic carboxylic acids is 1. The van der Waals surface area contributed by atoms with Gasteiger partial charge in [-0.05, 0) is 42.9 Å². The molecule has 0 heterocycles. The van der Waals surface area contributed by atoms with Crippen molar-refractivity contribution < 1.29 is 9.90 Å². The lowest BCUT2D eigenvalue weighted by Crippen LogP contribution is -2.31. The molecule has 22 heavy (non-hydrogen) atoms. The summed E-state index contributed by atoms with van der Waals surface area (Å²) in [6, 6.07) is 0. The molecule has 0 saturated carbocycles. The molecule has 0 saturated heterocycles. The van der Waals surface area contributed by atoms with E-state index in [2.05, 4.69) is 43.6 Å². The molecule has 2 atom stereocenters. The Balaban J connectivity index is 4.58. The molecule has 132 valence electrons. The second kappa shape index (κ2) is 12.4. The topological polar surface area (TPSA) is 37.3 Å². The third-order valence-corrected chi connectivity index (χ3v) is 6.00. The molecule has 0 aliphatic heterocycles. The van der Waals surface area contributed by atoms with Gasteiger partial charge in [0.1, 0.15) is 0 Å². The van der Waals surface area contributed by atoms with E-state index in [0.717, 1.165) is 18.2 Å². The fourth-order valence-corrected chi connectivity index (χ4v) is 3.73. The molecule has 0 aromatic heterocycles. The SMILES string of the molecule is CCCCC(C)C(C)(C)C(CCCCCBr)CCCC(=O)O. The van der Waals surface area contributed by atoms with Gasteiger partial charge in [-0.25, -0.2) is 0 Å². The summed E-state index contributed by atoms with van der Waals surface area (Å²) in [7, 11) is 0. The van der Waals surface area contributed by atoms with Gasteiger partial charge >= 0.3 is 5.97 Å². The van der Waals surface area contributed by atoms with Crippen molar-refractivity contribution >= 4 is 21.9 Å². The van der Waals surface area contributed by atoms with Crippen molar-refractivity contribution in [1.29, 1.82) is 0 Å². The zero-order valence-corrected chi connectivity index (χ0v) is 16.8. The van der Waals surface area contributed by atoms with Gasteiger partial charge in [-0.3, -0.25) is 4.79 Å². The minimum Gasteiger partial charge on any atom is -0.481 e. The number of halogens is 1. The number of carboxylic acids is 1. The number of rotatable bonds is 14. The lowest BCUT2D eigenvalue weighted by atomic mass is 9.65. The molecule has 3 heteroatoms. The number of hydrogen-bond acceptors (Lipinski definition) is 1. The van der Waals surface area contributed by atoms with Crippen molar-refractivity contribution in [1.82, 2.24) is 0 Å². The molecule has 0 rings (SSSR count). The first kappa shape index (κ1) is 21.9. The molecule has 0 bridgehead atoms. The largest absolute Gasteiger partial charge is 0.481 e. The highest BCUT2D eigenvalue weighted by Gasteiger charge is 2.33. The zero-order chi connectivity index (χ0) is 17.0. The van der Waals surface area contributed by atoms with Gasteiger partial charge in [-0.2, -0.15) is 0 Å². The van der Waals surface area contributed by atoms with Crippen LogP contribution >= 0.6 is 15.9 Å². The molecule has 0 fully saturated rings. The highest BCUT2D eigenvalue weighted by atomic mass is 79.9. The Morgan fingerprint density at radius 2 is 1.68 bits per heavy atom. The maximum atomic E-state index is 10.8. The van der Waals surface area contributed by atoms with E-state index in [4.69, 9.17) is 5.11 Å². The van der Waals surface area contributed by atoms with Crippen LogP contribution in [0, 0.1) is 17.3 Å². The van der Waals surface area contributed by atoms with Crippen LogP contribution in [-0.4, -0.2) is 16.4 Å². The highest BCUT2D eigenvalue weighted by molar-refractivity contribution is 9.09. The molecular weight excluding hydrogens is 340 g/mol. The minimum absolute atomic E-state index is 0.308. The smallest absolute Gasteiger partial charge is 0.303 e. The summed E-state index contributed by atoms with van der Waals surface area (Å²) >= 11 is 3.50. The van der Waals surface area contributed by atoms with Crippen LogP contribution in [0.1, 0.15) is 91.9 Å². The quantitative estimate of drug-likeness (QED) is 0.271. The van der Waals surface area contributed by atoms with Crippen LogP contribution in [0.4, 0.5) is 0 Å². The van der Waals surface area contributed by atoms with E-state index in [-0.39, 0.29) is 0 Å². The van der Waals surface area contributed by atoms with Crippen LogP contribution in [0.25, 0.3) is 0 Å². The Labute approximate surface area is 146 Å². The maximum Gasteiger partial charge on any atom is 0.303 e. The third kappa shape index (κ3) is 9.17. The Hall–Kier alpha value is -0.0500. The number of unbranched alkanes of at least 4 members (excludes halogenated alkanes) is 3. The normalized spacial score (nSPS) is 14.8. The van der Waals surface area contributed by atoms with Crippen molar-refractivity contribution in [2.75, 3.05) is 5.33 Å². The Morgan fingerprint density at radius 3 is 2.23 bits per heavy atom. The molecular formula is C19H37BrO2. The van der Waals surface area contributed by atoms with Crippen molar-refractivity contribution in [2.45, 2.75) is 91.9 Å². The van der Waals surface area contributed by atoms with Crippen molar-refractivity contribution in [3.05, 3.63) is 0 Å². The first-order valence-corrected chi connectivity index (χ1v) is 10.3. The van der Waals surface area contributed by atoms with Crippen LogP contribution in [0.5, 0.6) is 0 Å². The Kier molecular flexibility index (Phi) is 12.4. The third-order valence-electron chi connectivity index (χ3n) is 5.44. The molecule has 0 spiro atoms. The van der Waals surface area contributed by atoms with Crippen LogP contribution in [0.3, 0.4) is 0 Å². The predicted molar refractivity (Wildman–Crippen MR) is 99.7 cm³/mol. The number of alkyl halides is 1. The van der Waals surface area contributed by atoms with Gasteiger partial charge in [0, 0.05) is 11.8 Å². The van der Waals surface area contributed by atoms with Crippen LogP contribution in [0.15, 0.2) is 0 Å². The van der Waals surface area contributed by atoms with Gasteiger partial charge in [0.15, 0.2) is 0 Å². The van der Waals surface area contributed by atoms with Gasteiger partial charge in [0.2, 0.25) is 0 Å². The lowest BCUT2D eigenvalue weighted by molar-refractivity contribution is -0.137. The molecule has 0 aromatic rings. The summed E-state index contributed by atoms with van der Waals surface area (Å²) in [6.07, 6.45) is 11.1. The number of hydrogen-bond donors (Lipinski definition) is 1. The fraction of sp³-hybridized carbons (Fsp3) is 0.947. The van der Waals surface area contributed by atoms with Crippen LogP contribution in [-0.2, 0) is 4.79 Å². The van der Waals surface area contributed by atoms with Gasteiger partial charge in [-0.1, -0.05) is 75.7 Å². The van der Waals surface area contributed by atoms with E-state index in [9.17, 15) is 4.79 Å².